The van der Waals surface area contributed by atoms with E-state index in [1.807, 2.05) is 28.0 Å². The SMILES string of the molecule is O=C(C1CC1)N1CC[C@@H](CN2C(=O)C3(CC3)N=C2c2ccc(-c3nc4ccccc4s3)cc2)C1. The second-order valence-electron chi connectivity index (χ2n) is 10.2. The van der Waals surface area contributed by atoms with Crippen LogP contribution in [0.1, 0.15) is 37.7 Å². The van der Waals surface area contributed by atoms with Crippen LogP contribution in [0.4, 0.5) is 0 Å². The molecule has 0 bridgehead atoms. The van der Waals surface area contributed by atoms with Crippen LogP contribution in [-0.2, 0) is 9.59 Å². The van der Waals surface area contributed by atoms with Gasteiger partial charge in [0.05, 0.1) is 10.2 Å². The van der Waals surface area contributed by atoms with Gasteiger partial charge in [-0.15, -0.1) is 11.3 Å². The molecular weight excluding hydrogens is 444 g/mol. The number of hydrogen-bond donors (Lipinski definition) is 0. The van der Waals surface area contributed by atoms with Crippen molar-refractivity contribution in [2.24, 2.45) is 16.8 Å². The minimum absolute atomic E-state index is 0.143. The number of hydrogen-bond acceptors (Lipinski definition) is 5. The number of thiazole rings is 1. The topological polar surface area (TPSA) is 65.9 Å². The van der Waals surface area contributed by atoms with Gasteiger partial charge in [-0.1, -0.05) is 36.4 Å². The van der Waals surface area contributed by atoms with Crippen LogP contribution >= 0.6 is 11.3 Å². The van der Waals surface area contributed by atoms with Crippen LogP contribution in [0.15, 0.2) is 53.5 Å². The summed E-state index contributed by atoms with van der Waals surface area (Å²) >= 11 is 1.69. The molecule has 0 unspecified atom stereocenters. The van der Waals surface area contributed by atoms with Gasteiger partial charge in [0, 0.05) is 36.7 Å². The summed E-state index contributed by atoms with van der Waals surface area (Å²) in [5.41, 5.74) is 2.55. The average molecular weight is 471 g/mol. The molecule has 1 atom stereocenters. The fourth-order valence-corrected chi connectivity index (χ4v) is 6.25. The molecule has 3 fully saturated rings. The second kappa shape index (κ2) is 7.47. The Kier molecular flexibility index (Phi) is 4.47. The van der Waals surface area contributed by atoms with Crippen molar-refractivity contribution >= 4 is 39.2 Å². The molecule has 2 aliphatic heterocycles. The molecule has 0 radical (unpaired) electrons. The lowest BCUT2D eigenvalue weighted by molar-refractivity contribution is -0.131. The van der Waals surface area contributed by atoms with E-state index in [2.05, 4.69) is 30.3 Å². The molecule has 2 saturated carbocycles. The van der Waals surface area contributed by atoms with Crippen molar-refractivity contribution in [2.75, 3.05) is 19.6 Å². The smallest absolute Gasteiger partial charge is 0.256 e. The van der Waals surface area contributed by atoms with Gasteiger partial charge >= 0.3 is 0 Å². The number of para-hydroxylation sites is 1. The first-order valence-electron chi connectivity index (χ1n) is 12.3. The first-order valence-corrected chi connectivity index (χ1v) is 13.1. The molecule has 2 amide bonds. The Labute approximate surface area is 202 Å². The number of fused-ring (bicyclic) bond motifs is 1. The lowest BCUT2D eigenvalue weighted by Crippen LogP contribution is -2.40. The van der Waals surface area contributed by atoms with Gasteiger partial charge in [-0.25, -0.2) is 4.98 Å². The average Bonchev–Trinajstić information content (AvgIpc) is 3.75. The lowest BCUT2D eigenvalue weighted by Gasteiger charge is -2.23. The van der Waals surface area contributed by atoms with E-state index in [1.54, 1.807) is 11.3 Å². The van der Waals surface area contributed by atoms with Gasteiger partial charge in [0.15, 0.2) is 0 Å². The van der Waals surface area contributed by atoms with Crippen LogP contribution in [0.25, 0.3) is 20.8 Å². The van der Waals surface area contributed by atoms with E-state index in [0.717, 1.165) is 72.7 Å². The number of carbonyl (C=O) groups excluding carboxylic acids is 2. The largest absolute Gasteiger partial charge is 0.342 e. The highest BCUT2D eigenvalue weighted by Gasteiger charge is 2.57. The standard InChI is InChI=1S/C27H26N4O2S/c32-25(20-9-10-20)30-14-11-17(15-30)16-31-23(29-27(12-13-27)26(31)33)18-5-7-19(8-6-18)24-28-21-3-1-2-4-22(21)34-24/h1-8,17,20H,9-16H2/t17-/m1/s1. The minimum Gasteiger partial charge on any atom is -0.342 e. The van der Waals surface area contributed by atoms with Crippen LogP contribution in [0, 0.1) is 11.8 Å². The van der Waals surface area contributed by atoms with Crippen molar-refractivity contribution in [3.05, 3.63) is 54.1 Å². The normalized spacial score (nSPS) is 23.2. The zero-order valence-corrected chi connectivity index (χ0v) is 19.8. The highest BCUT2D eigenvalue weighted by atomic mass is 32.1. The number of rotatable bonds is 5. The summed E-state index contributed by atoms with van der Waals surface area (Å²) in [5.74, 6) is 1.82. The fraction of sp³-hybridized carbons (Fsp3) is 0.407. The molecule has 0 N–H and O–H groups in total. The van der Waals surface area contributed by atoms with Gasteiger partial charge in [-0.2, -0.15) is 0 Å². The maximum Gasteiger partial charge on any atom is 0.256 e. The van der Waals surface area contributed by atoms with Crippen molar-refractivity contribution in [1.29, 1.82) is 0 Å². The summed E-state index contributed by atoms with van der Waals surface area (Å²) in [6, 6.07) is 16.5. The summed E-state index contributed by atoms with van der Waals surface area (Å²) in [6.07, 6.45) is 4.71. The van der Waals surface area contributed by atoms with Crippen molar-refractivity contribution in [1.82, 2.24) is 14.8 Å². The van der Waals surface area contributed by atoms with E-state index in [1.165, 1.54) is 4.70 Å². The summed E-state index contributed by atoms with van der Waals surface area (Å²) in [7, 11) is 0. The van der Waals surface area contributed by atoms with Crippen LogP contribution < -0.4 is 0 Å². The number of aliphatic imine (C=N–C) groups is 1. The van der Waals surface area contributed by atoms with Gasteiger partial charge in [0.2, 0.25) is 5.91 Å². The Balaban J connectivity index is 1.12. The van der Waals surface area contributed by atoms with Crippen LogP contribution in [0.2, 0.25) is 0 Å². The molecular formula is C27H26N4O2S. The number of amidine groups is 1. The third-order valence-corrected chi connectivity index (χ3v) is 8.68. The third-order valence-electron chi connectivity index (χ3n) is 7.59. The highest BCUT2D eigenvalue weighted by Crippen LogP contribution is 2.46. The summed E-state index contributed by atoms with van der Waals surface area (Å²) in [4.78, 5) is 39.4. The van der Waals surface area contributed by atoms with E-state index < -0.39 is 5.54 Å². The summed E-state index contributed by atoms with van der Waals surface area (Å²) in [5, 5.41) is 0.999. The Morgan fingerprint density at radius 3 is 2.53 bits per heavy atom. The molecule has 3 heterocycles. The van der Waals surface area contributed by atoms with Crippen LogP contribution in [-0.4, -0.2) is 57.6 Å². The van der Waals surface area contributed by atoms with Gasteiger partial charge in [-0.3, -0.25) is 19.5 Å². The Morgan fingerprint density at radius 1 is 1.03 bits per heavy atom. The molecule has 1 spiro atoms. The first kappa shape index (κ1) is 20.3. The van der Waals surface area contributed by atoms with E-state index in [0.29, 0.717) is 18.4 Å². The first-order chi connectivity index (χ1) is 16.6. The van der Waals surface area contributed by atoms with E-state index >= 15 is 0 Å². The molecule has 7 rings (SSSR count). The molecule has 3 aromatic rings. The molecule has 7 heteroatoms. The van der Waals surface area contributed by atoms with Gasteiger partial charge < -0.3 is 4.90 Å². The second-order valence-corrected chi connectivity index (χ2v) is 11.2. The summed E-state index contributed by atoms with van der Waals surface area (Å²) < 4.78 is 1.18. The summed E-state index contributed by atoms with van der Waals surface area (Å²) in [6.45, 7) is 2.22. The zero-order chi connectivity index (χ0) is 22.9. The monoisotopic (exact) mass is 470 g/mol. The Morgan fingerprint density at radius 2 is 1.79 bits per heavy atom. The molecule has 1 aromatic heterocycles. The molecule has 2 aliphatic carbocycles. The minimum atomic E-state index is -0.525. The molecule has 34 heavy (non-hydrogen) atoms. The lowest BCUT2D eigenvalue weighted by atomic mass is 10.1. The molecule has 4 aliphatic rings. The maximum atomic E-state index is 13.3. The van der Waals surface area contributed by atoms with Gasteiger partial charge in [0.25, 0.3) is 5.91 Å². The van der Waals surface area contributed by atoms with Gasteiger partial charge in [0.1, 0.15) is 16.4 Å². The molecule has 2 aromatic carbocycles. The van der Waals surface area contributed by atoms with Crippen molar-refractivity contribution in [2.45, 2.75) is 37.6 Å². The quantitative estimate of drug-likeness (QED) is 0.557. The fourth-order valence-electron chi connectivity index (χ4n) is 5.28. The number of aromatic nitrogens is 1. The number of amides is 2. The Bertz CT molecular complexity index is 1300. The van der Waals surface area contributed by atoms with E-state index in [9.17, 15) is 9.59 Å². The number of carbonyl (C=O) groups is 2. The Hall–Kier alpha value is -3.06. The highest BCUT2D eigenvalue weighted by molar-refractivity contribution is 7.21. The zero-order valence-electron chi connectivity index (χ0n) is 18.9. The molecule has 1 saturated heterocycles. The van der Waals surface area contributed by atoms with E-state index in [4.69, 9.17) is 9.98 Å². The predicted octanol–water partition coefficient (Wildman–Crippen LogP) is 4.34. The predicted molar refractivity (Wildman–Crippen MR) is 133 cm³/mol. The molecule has 6 nitrogen and oxygen atoms in total. The van der Waals surface area contributed by atoms with Gasteiger partial charge in [-0.05, 0) is 50.2 Å². The number of nitrogens with zero attached hydrogens (tertiary/aromatic N) is 4. The molecule has 172 valence electrons. The number of likely N-dealkylation sites (tertiary alicyclic amines) is 1. The van der Waals surface area contributed by atoms with Crippen LogP contribution in [0.3, 0.4) is 0 Å². The third kappa shape index (κ3) is 3.36. The van der Waals surface area contributed by atoms with Crippen LogP contribution in [0.5, 0.6) is 0 Å². The van der Waals surface area contributed by atoms with Crippen molar-refractivity contribution in [3.8, 4) is 10.6 Å². The number of benzene rings is 2. The van der Waals surface area contributed by atoms with E-state index in [-0.39, 0.29) is 11.8 Å². The van der Waals surface area contributed by atoms with Crippen molar-refractivity contribution < 1.29 is 9.59 Å². The maximum absolute atomic E-state index is 13.3. The van der Waals surface area contributed by atoms with Crippen molar-refractivity contribution in [3.63, 3.8) is 0 Å².